The Labute approximate surface area is 125 Å². The first-order chi connectivity index (χ1) is 9.97. The van der Waals surface area contributed by atoms with Crippen LogP contribution in [0.2, 0.25) is 0 Å². The smallest absolute Gasteiger partial charge is 0.237 e. The number of nitrogens with zero attached hydrogens (tertiary/aromatic N) is 3. The van der Waals surface area contributed by atoms with Crippen molar-refractivity contribution in [1.82, 2.24) is 14.2 Å². The van der Waals surface area contributed by atoms with Gasteiger partial charge in [-0.05, 0) is 30.9 Å². The Bertz CT molecular complexity index is 568. The Hall–Kier alpha value is -1.47. The molecule has 0 spiro atoms. The lowest BCUT2D eigenvalue weighted by Crippen LogP contribution is -2.44. The van der Waals surface area contributed by atoms with Gasteiger partial charge in [0.25, 0.3) is 0 Å². The maximum absolute atomic E-state index is 12.2. The van der Waals surface area contributed by atoms with Gasteiger partial charge in [-0.25, -0.2) is 8.42 Å². The first-order valence-corrected chi connectivity index (χ1v) is 8.93. The van der Waals surface area contributed by atoms with Gasteiger partial charge < -0.3 is 4.90 Å². The van der Waals surface area contributed by atoms with Crippen molar-refractivity contribution in [3.63, 3.8) is 0 Å². The fourth-order valence-corrected chi connectivity index (χ4v) is 3.11. The molecule has 0 saturated carbocycles. The molecule has 1 fully saturated rings. The van der Waals surface area contributed by atoms with E-state index in [4.69, 9.17) is 0 Å². The van der Waals surface area contributed by atoms with Crippen LogP contribution in [0.1, 0.15) is 24.8 Å². The van der Waals surface area contributed by atoms with Gasteiger partial charge in [-0.15, -0.1) is 0 Å². The number of carbonyl (C=O) groups is 1. The monoisotopic (exact) mass is 311 g/mol. The molecule has 2 heterocycles. The summed E-state index contributed by atoms with van der Waals surface area (Å²) in [5, 5.41) is 0. The van der Waals surface area contributed by atoms with Gasteiger partial charge in [-0.1, -0.05) is 6.07 Å². The molecule has 2 rings (SSSR count). The van der Waals surface area contributed by atoms with E-state index in [1.807, 2.05) is 0 Å². The Balaban J connectivity index is 2.04. The van der Waals surface area contributed by atoms with E-state index in [2.05, 4.69) is 4.98 Å². The Morgan fingerprint density at radius 3 is 2.62 bits per heavy atom. The molecule has 0 aliphatic carbocycles. The van der Waals surface area contributed by atoms with E-state index < -0.39 is 10.0 Å². The molecule has 6 nitrogen and oxygen atoms in total. The molecule has 0 bridgehead atoms. The molecule has 0 unspecified atom stereocenters. The van der Waals surface area contributed by atoms with Gasteiger partial charge in [0.05, 0.1) is 12.8 Å². The van der Waals surface area contributed by atoms with E-state index in [9.17, 15) is 13.2 Å². The van der Waals surface area contributed by atoms with Crippen LogP contribution in [-0.4, -0.2) is 54.4 Å². The lowest BCUT2D eigenvalue weighted by Gasteiger charge is -2.29. The van der Waals surface area contributed by atoms with Crippen molar-refractivity contribution >= 4 is 15.9 Å². The number of hydrogen-bond acceptors (Lipinski definition) is 4. The van der Waals surface area contributed by atoms with E-state index in [0.717, 1.165) is 44.2 Å². The lowest BCUT2D eigenvalue weighted by molar-refractivity contribution is -0.132. The summed E-state index contributed by atoms with van der Waals surface area (Å²) in [6.07, 6.45) is 7.50. The number of rotatable bonds is 5. The van der Waals surface area contributed by atoms with Crippen LogP contribution in [0, 0.1) is 0 Å². The summed E-state index contributed by atoms with van der Waals surface area (Å²) in [7, 11) is -3.44. The highest BCUT2D eigenvalue weighted by Gasteiger charge is 2.24. The molecule has 7 heteroatoms. The number of aromatic nitrogens is 1. The van der Waals surface area contributed by atoms with E-state index >= 15 is 0 Å². The molecular weight excluding hydrogens is 290 g/mol. The van der Waals surface area contributed by atoms with E-state index in [-0.39, 0.29) is 19.0 Å². The summed E-state index contributed by atoms with van der Waals surface area (Å²) in [4.78, 5) is 18.0. The third-order valence-corrected chi connectivity index (χ3v) is 4.77. The van der Waals surface area contributed by atoms with Gasteiger partial charge in [0.1, 0.15) is 0 Å². The largest absolute Gasteiger partial charge is 0.342 e. The molecule has 1 aromatic heterocycles. The van der Waals surface area contributed by atoms with Gasteiger partial charge in [0.15, 0.2) is 0 Å². The fourth-order valence-electron chi connectivity index (χ4n) is 2.38. The minimum absolute atomic E-state index is 0.103. The second-order valence-electron chi connectivity index (χ2n) is 5.33. The number of hydrogen-bond donors (Lipinski definition) is 0. The molecule has 1 saturated heterocycles. The van der Waals surface area contributed by atoms with Crippen LogP contribution in [-0.2, 0) is 21.4 Å². The predicted octanol–water partition coefficient (Wildman–Crippen LogP) is 0.856. The van der Waals surface area contributed by atoms with Crippen LogP contribution in [0.25, 0.3) is 0 Å². The second-order valence-corrected chi connectivity index (χ2v) is 7.32. The zero-order chi connectivity index (χ0) is 15.3. The van der Waals surface area contributed by atoms with Crippen molar-refractivity contribution in [2.24, 2.45) is 0 Å². The minimum Gasteiger partial charge on any atom is -0.342 e. The summed E-state index contributed by atoms with van der Waals surface area (Å²) in [6, 6.07) is 3.55. The van der Waals surface area contributed by atoms with Crippen molar-refractivity contribution in [2.45, 2.75) is 25.8 Å². The van der Waals surface area contributed by atoms with Gasteiger partial charge in [-0.3, -0.25) is 9.78 Å². The van der Waals surface area contributed by atoms with Crippen LogP contribution < -0.4 is 0 Å². The highest BCUT2D eigenvalue weighted by atomic mass is 32.2. The fraction of sp³-hybridized carbons (Fsp3) is 0.571. The molecule has 1 aliphatic heterocycles. The van der Waals surface area contributed by atoms with Crippen LogP contribution in [0.15, 0.2) is 24.5 Å². The predicted molar refractivity (Wildman–Crippen MR) is 79.9 cm³/mol. The van der Waals surface area contributed by atoms with Crippen LogP contribution in [0.5, 0.6) is 0 Å². The maximum atomic E-state index is 12.2. The molecular formula is C14H21N3O3S. The quantitative estimate of drug-likeness (QED) is 0.808. The zero-order valence-electron chi connectivity index (χ0n) is 12.2. The molecule has 0 aromatic carbocycles. The van der Waals surface area contributed by atoms with E-state index in [1.165, 1.54) is 4.31 Å². The van der Waals surface area contributed by atoms with Crippen molar-refractivity contribution in [2.75, 3.05) is 25.9 Å². The molecule has 0 N–H and O–H groups in total. The number of amides is 1. The number of likely N-dealkylation sites (tertiary alicyclic amines) is 1. The first-order valence-electron chi connectivity index (χ1n) is 7.08. The van der Waals surface area contributed by atoms with Gasteiger partial charge in [0, 0.05) is 32.0 Å². The average molecular weight is 311 g/mol. The highest BCUT2D eigenvalue weighted by molar-refractivity contribution is 7.88. The molecule has 1 aliphatic rings. The van der Waals surface area contributed by atoms with Crippen molar-refractivity contribution in [3.05, 3.63) is 30.1 Å². The molecule has 1 aromatic rings. The topological polar surface area (TPSA) is 70.6 Å². The van der Waals surface area contributed by atoms with Crippen LogP contribution in [0.4, 0.5) is 0 Å². The Morgan fingerprint density at radius 1 is 1.33 bits per heavy atom. The van der Waals surface area contributed by atoms with Gasteiger partial charge in [0.2, 0.25) is 15.9 Å². The lowest BCUT2D eigenvalue weighted by atomic mass is 10.1. The summed E-state index contributed by atoms with van der Waals surface area (Å²) in [6.45, 7) is 1.52. The SMILES string of the molecule is CS(=O)(=O)N(CC(=O)N1CCCCC1)Cc1cccnc1. The third kappa shape index (κ3) is 4.78. The molecule has 0 radical (unpaired) electrons. The number of sulfonamides is 1. The minimum atomic E-state index is -3.44. The third-order valence-electron chi connectivity index (χ3n) is 3.57. The molecule has 21 heavy (non-hydrogen) atoms. The van der Waals surface area contributed by atoms with Gasteiger partial charge >= 0.3 is 0 Å². The van der Waals surface area contributed by atoms with Crippen LogP contribution >= 0.6 is 0 Å². The van der Waals surface area contributed by atoms with Crippen molar-refractivity contribution in [3.8, 4) is 0 Å². The normalized spacial score (nSPS) is 16.2. The van der Waals surface area contributed by atoms with Crippen molar-refractivity contribution < 1.29 is 13.2 Å². The van der Waals surface area contributed by atoms with Gasteiger partial charge in [-0.2, -0.15) is 4.31 Å². The highest BCUT2D eigenvalue weighted by Crippen LogP contribution is 2.12. The molecule has 116 valence electrons. The summed E-state index contributed by atoms with van der Waals surface area (Å²) >= 11 is 0. The first kappa shape index (κ1) is 15.9. The van der Waals surface area contributed by atoms with E-state index in [0.29, 0.717) is 0 Å². The Kier molecular flexibility index (Phi) is 5.30. The summed E-state index contributed by atoms with van der Waals surface area (Å²) < 4.78 is 25.0. The zero-order valence-corrected chi connectivity index (χ0v) is 13.1. The van der Waals surface area contributed by atoms with Crippen LogP contribution in [0.3, 0.4) is 0 Å². The van der Waals surface area contributed by atoms with Crippen molar-refractivity contribution in [1.29, 1.82) is 0 Å². The standard InChI is InChI=1S/C14H21N3O3S/c1-21(19,20)17(11-13-6-5-7-15-10-13)12-14(18)16-8-3-2-4-9-16/h5-7,10H,2-4,8-9,11-12H2,1H3. The second kappa shape index (κ2) is 7.00. The number of pyridine rings is 1. The Morgan fingerprint density at radius 2 is 2.05 bits per heavy atom. The molecule has 1 amide bonds. The number of piperidine rings is 1. The van der Waals surface area contributed by atoms with E-state index in [1.54, 1.807) is 29.4 Å². The number of carbonyl (C=O) groups excluding carboxylic acids is 1. The summed E-state index contributed by atoms with van der Waals surface area (Å²) in [5.74, 6) is -0.121. The molecule has 0 atom stereocenters. The summed E-state index contributed by atoms with van der Waals surface area (Å²) in [5.41, 5.74) is 0.773. The average Bonchev–Trinajstić information content (AvgIpc) is 2.47. The maximum Gasteiger partial charge on any atom is 0.237 e.